The molecule has 1 aromatic carbocycles. The number of rotatable bonds is 4. The molecule has 0 spiro atoms. The van der Waals surface area contributed by atoms with Crippen LogP contribution in [0, 0.1) is 24.0 Å². The van der Waals surface area contributed by atoms with Crippen LogP contribution in [0.15, 0.2) is 28.8 Å². The average molecular weight is 276 g/mol. The Balaban J connectivity index is 2.13. The molecule has 0 saturated carbocycles. The third kappa shape index (κ3) is 2.82. The number of esters is 1. The molecule has 20 heavy (non-hydrogen) atoms. The first-order valence-electron chi connectivity index (χ1n) is 5.82. The maximum atomic E-state index is 11.9. The highest BCUT2D eigenvalue weighted by atomic mass is 16.6. The van der Waals surface area contributed by atoms with Gasteiger partial charge in [0.05, 0.1) is 16.2 Å². The van der Waals surface area contributed by atoms with Gasteiger partial charge in [-0.25, -0.2) is 4.79 Å². The predicted molar refractivity (Wildman–Crippen MR) is 68.2 cm³/mol. The first-order valence-corrected chi connectivity index (χ1v) is 5.82. The Kier molecular flexibility index (Phi) is 3.79. The van der Waals surface area contributed by atoms with Crippen molar-refractivity contribution in [2.45, 2.75) is 20.5 Å². The van der Waals surface area contributed by atoms with Crippen molar-refractivity contribution >= 4 is 11.7 Å². The molecule has 104 valence electrons. The summed E-state index contributed by atoms with van der Waals surface area (Å²) in [6, 6.07) is 5.91. The lowest BCUT2D eigenvalue weighted by molar-refractivity contribution is -0.385. The van der Waals surface area contributed by atoms with Crippen molar-refractivity contribution in [1.29, 1.82) is 0 Å². The van der Waals surface area contributed by atoms with E-state index in [-0.39, 0.29) is 23.4 Å². The number of ether oxygens (including phenoxy) is 1. The predicted octanol–water partition coefficient (Wildman–Crippen LogP) is 2.56. The Morgan fingerprint density at radius 2 is 2.20 bits per heavy atom. The second-order valence-electron chi connectivity index (χ2n) is 4.22. The number of nitro groups is 1. The molecule has 1 aromatic heterocycles. The molecule has 2 aromatic rings. The molecule has 0 fully saturated rings. The normalized spacial score (nSPS) is 10.3. The van der Waals surface area contributed by atoms with E-state index in [2.05, 4.69) is 5.16 Å². The third-order valence-electron chi connectivity index (χ3n) is 2.74. The van der Waals surface area contributed by atoms with Crippen LogP contribution in [-0.4, -0.2) is 16.0 Å². The molecule has 0 aliphatic carbocycles. The fourth-order valence-corrected chi connectivity index (χ4v) is 1.74. The molecule has 7 heteroatoms. The summed E-state index contributed by atoms with van der Waals surface area (Å²) in [4.78, 5) is 22.2. The number of hydrogen-bond acceptors (Lipinski definition) is 6. The minimum atomic E-state index is -0.639. The summed E-state index contributed by atoms with van der Waals surface area (Å²) in [7, 11) is 0. The zero-order valence-corrected chi connectivity index (χ0v) is 11.0. The molecule has 0 bridgehead atoms. The van der Waals surface area contributed by atoms with Crippen LogP contribution in [0.2, 0.25) is 0 Å². The van der Waals surface area contributed by atoms with E-state index in [9.17, 15) is 14.9 Å². The van der Waals surface area contributed by atoms with Crippen molar-refractivity contribution in [2.24, 2.45) is 0 Å². The summed E-state index contributed by atoms with van der Waals surface area (Å²) in [5.74, 6) is -0.223. The smallest absolute Gasteiger partial charge is 0.339 e. The molecule has 7 nitrogen and oxygen atoms in total. The average Bonchev–Trinajstić information content (AvgIpc) is 2.81. The fraction of sp³-hybridized carbons (Fsp3) is 0.231. The third-order valence-corrected chi connectivity index (χ3v) is 2.74. The number of aryl methyl sites for hydroxylation is 1. The van der Waals surface area contributed by atoms with E-state index in [1.54, 1.807) is 13.0 Å². The van der Waals surface area contributed by atoms with Gasteiger partial charge in [0.15, 0.2) is 12.4 Å². The number of carbonyl (C=O) groups excluding carboxylic acids is 1. The van der Waals surface area contributed by atoms with Crippen LogP contribution in [0.1, 0.15) is 27.4 Å². The minimum absolute atomic E-state index is 0.0677. The highest BCUT2D eigenvalue weighted by molar-refractivity contribution is 5.92. The van der Waals surface area contributed by atoms with Crippen LogP contribution in [0.5, 0.6) is 0 Å². The van der Waals surface area contributed by atoms with Gasteiger partial charge in [0.25, 0.3) is 5.69 Å². The van der Waals surface area contributed by atoms with Gasteiger partial charge >= 0.3 is 5.97 Å². The quantitative estimate of drug-likeness (QED) is 0.483. The number of benzene rings is 1. The van der Waals surface area contributed by atoms with E-state index in [4.69, 9.17) is 9.26 Å². The van der Waals surface area contributed by atoms with Crippen molar-refractivity contribution in [2.75, 3.05) is 0 Å². The molecule has 0 saturated heterocycles. The lowest BCUT2D eigenvalue weighted by Gasteiger charge is -2.05. The van der Waals surface area contributed by atoms with Crippen LogP contribution in [0.3, 0.4) is 0 Å². The highest BCUT2D eigenvalue weighted by Gasteiger charge is 2.19. The Morgan fingerprint density at radius 1 is 1.45 bits per heavy atom. The van der Waals surface area contributed by atoms with Crippen molar-refractivity contribution in [3.63, 3.8) is 0 Å². The van der Waals surface area contributed by atoms with E-state index >= 15 is 0 Å². The molecule has 0 amide bonds. The molecule has 0 aliphatic heterocycles. The first-order chi connectivity index (χ1) is 9.49. The number of carbonyl (C=O) groups is 1. The summed E-state index contributed by atoms with van der Waals surface area (Å²) in [5, 5.41) is 14.5. The first kappa shape index (κ1) is 13.7. The standard InChI is InChI=1S/C13H12N2O5/c1-8-6-10(20-14-8)7-19-13(16)11-4-3-5-12(9(11)2)15(17)18/h3-6H,7H2,1-2H3. The second kappa shape index (κ2) is 5.52. The zero-order valence-electron chi connectivity index (χ0n) is 11.0. The van der Waals surface area contributed by atoms with Gasteiger partial charge in [-0.15, -0.1) is 0 Å². The number of aromatic nitrogens is 1. The summed E-state index contributed by atoms with van der Waals surface area (Å²) in [5.41, 5.74) is 1.00. The molecule has 0 N–H and O–H groups in total. The lowest BCUT2D eigenvalue weighted by Crippen LogP contribution is -2.08. The lowest BCUT2D eigenvalue weighted by atomic mass is 10.1. The van der Waals surface area contributed by atoms with E-state index < -0.39 is 10.9 Å². The molecule has 0 unspecified atom stereocenters. The van der Waals surface area contributed by atoms with E-state index in [0.717, 1.165) is 0 Å². The maximum absolute atomic E-state index is 11.9. The molecular formula is C13H12N2O5. The second-order valence-corrected chi connectivity index (χ2v) is 4.22. The Bertz CT molecular complexity index is 663. The monoisotopic (exact) mass is 276 g/mol. The molecular weight excluding hydrogens is 264 g/mol. The molecule has 0 radical (unpaired) electrons. The Hall–Kier alpha value is -2.70. The van der Waals surface area contributed by atoms with Gasteiger partial charge in [-0.3, -0.25) is 10.1 Å². The highest BCUT2D eigenvalue weighted by Crippen LogP contribution is 2.22. The SMILES string of the molecule is Cc1cc(COC(=O)c2cccc([N+](=O)[O-])c2C)on1. The molecule has 2 rings (SSSR count). The Labute approximate surface area is 114 Å². The van der Waals surface area contributed by atoms with Gasteiger partial charge in [-0.2, -0.15) is 0 Å². The summed E-state index contributed by atoms with van der Waals surface area (Å²) in [6.07, 6.45) is 0. The van der Waals surface area contributed by atoms with Gasteiger partial charge in [0.1, 0.15) is 0 Å². The van der Waals surface area contributed by atoms with E-state index in [1.807, 2.05) is 0 Å². The van der Waals surface area contributed by atoms with Gasteiger partial charge in [0.2, 0.25) is 0 Å². The van der Waals surface area contributed by atoms with E-state index in [1.165, 1.54) is 25.1 Å². The maximum Gasteiger partial charge on any atom is 0.339 e. The van der Waals surface area contributed by atoms with Crippen molar-refractivity contribution in [1.82, 2.24) is 5.16 Å². The molecule has 0 aliphatic rings. The Morgan fingerprint density at radius 3 is 2.80 bits per heavy atom. The summed E-state index contributed by atoms with van der Waals surface area (Å²) < 4.78 is 9.96. The van der Waals surface area contributed by atoms with E-state index in [0.29, 0.717) is 11.5 Å². The molecule has 0 atom stereocenters. The largest absolute Gasteiger partial charge is 0.454 e. The van der Waals surface area contributed by atoms with Crippen LogP contribution in [-0.2, 0) is 11.3 Å². The van der Waals surface area contributed by atoms with Gasteiger partial charge < -0.3 is 9.26 Å². The number of nitro benzene ring substituents is 1. The number of nitrogens with zero attached hydrogens (tertiary/aromatic N) is 2. The van der Waals surface area contributed by atoms with Crippen LogP contribution in [0.25, 0.3) is 0 Å². The zero-order chi connectivity index (χ0) is 14.7. The van der Waals surface area contributed by atoms with Crippen LogP contribution < -0.4 is 0 Å². The van der Waals surface area contributed by atoms with Crippen molar-refractivity contribution < 1.29 is 19.0 Å². The fourth-order valence-electron chi connectivity index (χ4n) is 1.74. The van der Waals surface area contributed by atoms with Crippen molar-refractivity contribution in [3.05, 3.63) is 57.0 Å². The van der Waals surface area contributed by atoms with Crippen molar-refractivity contribution in [3.8, 4) is 0 Å². The van der Waals surface area contributed by atoms with Crippen LogP contribution >= 0.6 is 0 Å². The summed E-state index contributed by atoms with van der Waals surface area (Å²) in [6.45, 7) is 3.19. The minimum Gasteiger partial charge on any atom is -0.454 e. The van der Waals surface area contributed by atoms with Gasteiger partial charge in [-0.1, -0.05) is 11.2 Å². The van der Waals surface area contributed by atoms with Gasteiger partial charge in [0, 0.05) is 17.7 Å². The number of hydrogen-bond donors (Lipinski definition) is 0. The van der Waals surface area contributed by atoms with Gasteiger partial charge in [-0.05, 0) is 19.9 Å². The van der Waals surface area contributed by atoms with Crippen LogP contribution in [0.4, 0.5) is 5.69 Å². The molecule has 1 heterocycles. The topological polar surface area (TPSA) is 95.5 Å². The summed E-state index contributed by atoms with van der Waals surface area (Å²) >= 11 is 0.